The normalized spacial score (nSPS) is 11.2. The van der Waals surface area contributed by atoms with Crippen molar-refractivity contribution < 1.29 is 17.7 Å². The van der Waals surface area contributed by atoms with Crippen LogP contribution >= 0.6 is 0 Å². The molecule has 144 valence electrons. The van der Waals surface area contributed by atoms with Crippen molar-refractivity contribution in [2.75, 3.05) is 4.31 Å². The first kappa shape index (κ1) is 19.5. The zero-order chi connectivity index (χ0) is 20.3. The molecule has 0 atom stereocenters. The van der Waals surface area contributed by atoms with Crippen LogP contribution in [-0.4, -0.2) is 13.3 Å². The minimum atomic E-state index is -4.08. The van der Waals surface area contributed by atoms with Gasteiger partial charge in [-0.3, -0.25) is 14.4 Å². The summed E-state index contributed by atoms with van der Waals surface area (Å²) < 4.78 is 41.4. The van der Waals surface area contributed by atoms with Crippen LogP contribution in [0.1, 0.15) is 11.1 Å². The number of hydrogen-bond acceptors (Lipinski definition) is 4. The molecule has 0 aromatic heterocycles. The molecule has 0 spiro atoms. The van der Waals surface area contributed by atoms with Crippen molar-refractivity contribution in [1.82, 2.24) is 0 Å². The van der Waals surface area contributed by atoms with Crippen LogP contribution in [0.3, 0.4) is 0 Å². The van der Waals surface area contributed by atoms with Gasteiger partial charge in [0.25, 0.3) is 15.7 Å². The average molecular weight is 400 g/mol. The molecular formula is C20H17FN2O4S. The molecule has 0 aliphatic carbocycles. The maximum Gasteiger partial charge on any atom is 0.269 e. The lowest BCUT2D eigenvalue weighted by Gasteiger charge is -2.25. The average Bonchev–Trinajstić information content (AvgIpc) is 2.67. The number of non-ortho nitro benzene ring substituents is 1. The zero-order valence-electron chi connectivity index (χ0n) is 14.9. The van der Waals surface area contributed by atoms with Crippen LogP contribution in [0.2, 0.25) is 0 Å². The lowest BCUT2D eigenvalue weighted by Crippen LogP contribution is -2.31. The van der Waals surface area contributed by atoms with Crippen molar-refractivity contribution in [3.05, 3.63) is 99.9 Å². The Morgan fingerprint density at radius 2 is 1.68 bits per heavy atom. The third-order valence-electron chi connectivity index (χ3n) is 4.31. The van der Waals surface area contributed by atoms with Crippen molar-refractivity contribution in [3.8, 4) is 0 Å². The highest BCUT2D eigenvalue weighted by Gasteiger charge is 2.26. The summed E-state index contributed by atoms with van der Waals surface area (Å²) in [7, 11) is -4.08. The molecule has 3 aromatic rings. The number of rotatable bonds is 6. The molecule has 0 bridgehead atoms. The van der Waals surface area contributed by atoms with E-state index >= 15 is 0 Å². The summed E-state index contributed by atoms with van der Waals surface area (Å²) in [6.07, 6.45) is 0. The van der Waals surface area contributed by atoms with Gasteiger partial charge >= 0.3 is 0 Å². The summed E-state index contributed by atoms with van der Waals surface area (Å²) >= 11 is 0. The maximum atomic E-state index is 13.8. The Morgan fingerprint density at radius 3 is 2.29 bits per heavy atom. The van der Waals surface area contributed by atoms with Crippen LogP contribution in [0.5, 0.6) is 0 Å². The van der Waals surface area contributed by atoms with E-state index in [-0.39, 0.29) is 22.8 Å². The quantitative estimate of drug-likeness (QED) is 0.453. The zero-order valence-corrected chi connectivity index (χ0v) is 15.8. The highest BCUT2D eigenvalue weighted by atomic mass is 32.2. The third kappa shape index (κ3) is 4.01. The Balaban J connectivity index is 2.09. The number of hydrogen-bond donors (Lipinski definition) is 0. The number of benzene rings is 3. The molecule has 0 N–H and O–H groups in total. The number of aryl methyl sites for hydroxylation is 1. The van der Waals surface area contributed by atoms with E-state index in [1.165, 1.54) is 30.3 Å². The lowest BCUT2D eigenvalue weighted by molar-refractivity contribution is -0.384. The number of halogens is 1. The van der Waals surface area contributed by atoms with Crippen LogP contribution in [0.4, 0.5) is 15.8 Å². The number of nitrogens with zero attached hydrogens (tertiary/aromatic N) is 2. The van der Waals surface area contributed by atoms with Gasteiger partial charge in [0, 0.05) is 12.1 Å². The number of anilines is 1. The maximum absolute atomic E-state index is 13.8. The van der Waals surface area contributed by atoms with E-state index in [0.717, 1.165) is 33.6 Å². The number of nitro groups is 1. The molecule has 3 aromatic carbocycles. The van der Waals surface area contributed by atoms with Gasteiger partial charge in [-0.15, -0.1) is 0 Å². The molecule has 0 heterocycles. The van der Waals surface area contributed by atoms with Gasteiger partial charge in [0.05, 0.1) is 22.1 Å². The van der Waals surface area contributed by atoms with E-state index in [1.807, 2.05) is 19.1 Å². The summed E-state index contributed by atoms with van der Waals surface area (Å²) in [5, 5.41) is 10.8. The van der Waals surface area contributed by atoms with Crippen molar-refractivity contribution in [1.29, 1.82) is 0 Å². The van der Waals surface area contributed by atoms with Crippen LogP contribution in [0.15, 0.2) is 77.7 Å². The first-order valence-electron chi connectivity index (χ1n) is 8.36. The largest absolute Gasteiger partial charge is 0.269 e. The van der Waals surface area contributed by atoms with E-state index in [9.17, 15) is 22.9 Å². The fourth-order valence-corrected chi connectivity index (χ4v) is 4.19. The second-order valence-corrected chi connectivity index (χ2v) is 8.03. The van der Waals surface area contributed by atoms with Gasteiger partial charge in [0.15, 0.2) is 0 Å². The van der Waals surface area contributed by atoms with E-state index in [1.54, 1.807) is 12.1 Å². The molecule has 0 aliphatic rings. The topological polar surface area (TPSA) is 80.5 Å². The molecule has 0 unspecified atom stereocenters. The minimum Gasteiger partial charge on any atom is -0.262 e. The van der Waals surface area contributed by atoms with Gasteiger partial charge in [-0.2, -0.15) is 0 Å². The molecule has 8 heteroatoms. The Kier molecular flexibility index (Phi) is 5.41. The molecule has 28 heavy (non-hydrogen) atoms. The van der Waals surface area contributed by atoms with Gasteiger partial charge < -0.3 is 0 Å². The molecule has 0 radical (unpaired) electrons. The lowest BCUT2D eigenvalue weighted by atomic mass is 10.1. The minimum absolute atomic E-state index is 0.00452. The molecule has 0 amide bonds. The first-order valence-corrected chi connectivity index (χ1v) is 9.80. The van der Waals surface area contributed by atoms with Crippen LogP contribution < -0.4 is 4.31 Å². The van der Waals surface area contributed by atoms with Gasteiger partial charge in [0.1, 0.15) is 5.82 Å². The van der Waals surface area contributed by atoms with Gasteiger partial charge in [-0.25, -0.2) is 12.8 Å². The predicted octanol–water partition coefficient (Wildman–Crippen LogP) is 4.44. The van der Waals surface area contributed by atoms with E-state index in [2.05, 4.69) is 0 Å². The Labute approximate surface area is 162 Å². The monoisotopic (exact) mass is 400 g/mol. The van der Waals surface area contributed by atoms with Gasteiger partial charge in [-0.1, -0.05) is 30.3 Å². The second-order valence-electron chi connectivity index (χ2n) is 6.17. The van der Waals surface area contributed by atoms with Crippen LogP contribution in [0.25, 0.3) is 0 Å². The Morgan fingerprint density at radius 1 is 1.00 bits per heavy atom. The van der Waals surface area contributed by atoms with E-state index < -0.39 is 20.8 Å². The Hall–Kier alpha value is -3.26. The second kappa shape index (κ2) is 7.77. The number of sulfonamides is 1. The molecule has 3 rings (SSSR count). The standard InChI is InChI=1S/C20H17FN2O4S/c1-15-5-2-3-6-16(15)14-22(19-8-4-7-17(21)13-19)28(26,27)20-11-9-18(10-12-20)23(24)25/h2-13H,14H2,1H3. The summed E-state index contributed by atoms with van der Waals surface area (Å²) in [4.78, 5) is 10.1. The molecule has 6 nitrogen and oxygen atoms in total. The van der Waals surface area contributed by atoms with E-state index in [0.29, 0.717) is 0 Å². The first-order chi connectivity index (χ1) is 13.3. The van der Waals surface area contributed by atoms with Crippen LogP contribution in [-0.2, 0) is 16.6 Å². The fourth-order valence-electron chi connectivity index (χ4n) is 2.76. The van der Waals surface area contributed by atoms with Crippen molar-refractivity contribution in [3.63, 3.8) is 0 Å². The number of nitro benzene ring substituents is 1. The van der Waals surface area contributed by atoms with Crippen molar-refractivity contribution >= 4 is 21.4 Å². The molecule has 0 saturated heterocycles. The molecule has 0 fully saturated rings. The van der Waals surface area contributed by atoms with Gasteiger partial charge in [0.2, 0.25) is 0 Å². The Bertz CT molecular complexity index is 1120. The SMILES string of the molecule is Cc1ccccc1CN(c1cccc(F)c1)S(=O)(=O)c1ccc([N+](=O)[O-])cc1. The summed E-state index contributed by atoms with van der Waals surface area (Å²) in [5.74, 6) is -0.564. The van der Waals surface area contributed by atoms with Crippen molar-refractivity contribution in [2.45, 2.75) is 18.4 Å². The predicted molar refractivity (Wildman–Crippen MR) is 104 cm³/mol. The highest BCUT2D eigenvalue weighted by Crippen LogP contribution is 2.28. The van der Waals surface area contributed by atoms with E-state index in [4.69, 9.17) is 0 Å². The van der Waals surface area contributed by atoms with Crippen LogP contribution in [0, 0.1) is 22.9 Å². The molecule has 0 saturated carbocycles. The third-order valence-corrected chi connectivity index (χ3v) is 6.10. The summed E-state index contributed by atoms with van der Waals surface area (Å²) in [6, 6.07) is 17.2. The summed E-state index contributed by atoms with van der Waals surface area (Å²) in [6.45, 7) is 1.85. The summed E-state index contributed by atoms with van der Waals surface area (Å²) in [5.41, 5.74) is 1.61. The van der Waals surface area contributed by atoms with Crippen molar-refractivity contribution in [2.24, 2.45) is 0 Å². The molecule has 0 aliphatic heterocycles. The molecular weight excluding hydrogens is 383 g/mol. The highest BCUT2D eigenvalue weighted by molar-refractivity contribution is 7.92. The van der Waals surface area contributed by atoms with Gasteiger partial charge in [-0.05, 0) is 48.4 Å². The fraction of sp³-hybridized carbons (Fsp3) is 0.100. The smallest absolute Gasteiger partial charge is 0.262 e.